The van der Waals surface area contributed by atoms with Gasteiger partial charge in [-0.15, -0.1) is 0 Å². The van der Waals surface area contributed by atoms with Crippen LogP contribution in [-0.4, -0.2) is 18.6 Å². The molecule has 13 heavy (non-hydrogen) atoms. The van der Waals surface area contributed by atoms with Crippen molar-refractivity contribution in [2.75, 3.05) is 6.61 Å². The van der Waals surface area contributed by atoms with Gasteiger partial charge in [-0.05, 0) is 25.2 Å². The minimum absolute atomic E-state index is 0.0403. The maximum absolute atomic E-state index is 11.4. The lowest BCUT2D eigenvalue weighted by Crippen LogP contribution is -2.21. The lowest BCUT2D eigenvalue weighted by Gasteiger charge is -2.08. The van der Waals surface area contributed by atoms with Crippen LogP contribution in [0.3, 0.4) is 0 Å². The van der Waals surface area contributed by atoms with Crippen molar-refractivity contribution in [2.24, 2.45) is 17.6 Å². The Bertz CT molecular complexity index is 233. The zero-order chi connectivity index (χ0) is 9.26. The monoisotopic (exact) mass is 181 g/mol. The van der Waals surface area contributed by atoms with Crippen LogP contribution in [-0.2, 0) is 9.53 Å². The van der Waals surface area contributed by atoms with Gasteiger partial charge < -0.3 is 10.5 Å². The van der Waals surface area contributed by atoms with Crippen molar-refractivity contribution in [3.63, 3.8) is 0 Å². The minimum Gasteiger partial charge on any atom is -0.465 e. The molecule has 0 spiro atoms. The summed E-state index contributed by atoms with van der Waals surface area (Å²) in [5.74, 6) is 0.452. The molecule has 3 nitrogen and oxygen atoms in total. The summed E-state index contributed by atoms with van der Waals surface area (Å²) in [7, 11) is 0. The van der Waals surface area contributed by atoms with Crippen LogP contribution < -0.4 is 5.73 Å². The van der Waals surface area contributed by atoms with Crippen molar-refractivity contribution in [2.45, 2.75) is 25.3 Å². The van der Waals surface area contributed by atoms with Gasteiger partial charge in [0, 0.05) is 6.04 Å². The molecular formula is C10H15NO2. The molecule has 0 aliphatic heterocycles. The first-order chi connectivity index (χ1) is 6.25. The SMILES string of the molecule is NC1C=CC(C(=O)OCC2CC2)C1. The van der Waals surface area contributed by atoms with Gasteiger partial charge in [0.05, 0.1) is 12.5 Å². The van der Waals surface area contributed by atoms with Crippen LogP contribution in [0.4, 0.5) is 0 Å². The van der Waals surface area contributed by atoms with Crippen LogP contribution >= 0.6 is 0 Å². The van der Waals surface area contributed by atoms with E-state index >= 15 is 0 Å². The number of rotatable bonds is 3. The summed E-state index contributed by atoms with van der Waals surface area (Å²) in [6.07, 6.45) is 6.88. The molecule has 0 radical (unpaired) electrons. The average molecular weight is 181 g/mol. The zero-order valence-corrected chi connectivity index (χ0v) is 7.61. The summed E-state index contributed by atoms with van der Waals surface area (Å²) < 4.78 is 5.15. The van der Waals surface area contributed by atoms with Gasteiger partial charge in [0.25, 0.3) is 0 Å². The molecule has 2 N–H and O–H groups in total. The van der Waals surface area contributed by atoms with E-state index in [1.807, 2.05) is 12.2 Å². The van der Waals surface area contributed by atoms with E-state index in [0.29, 0.717) is 18.9 Å². The highest BCUT2D eigenvalue weighted by Crippen LogP contribution is 2.29. The van der Waals surface area contributed by atoms with E-state index in [4.69, 9.17) is 10.5 Å². The molecule has 2 aliphatic carbocycles. The summed E-state index contributed by atoms with van der Waals surface area (Å²) in [6, 6.07) is 0.0403. The largest absolute Gasteiger partial charge is 0.465 e. The molecule has 3 heteroatoms. The minimum atomic E-state index is -0.101. The van der Waals surface area contributed by atoms with Crippen molar-refractivity contribution < 1.29 is 9.53 Å². The molecule has 0 aromatic heterocycles. The number of carbonyl (C=O) groups is 1. The van der Waals surface area contributed by atoms with E-state index in [1.54, 1.807) is 0 Å². The number of carbonyl (C=O) groups excluding carboxylic acids is 1. The molecule has 2 rings (SSSR count). The van der Waals surface area contributed by atoms with Gasteiger partial charge in [-0.25, -0.2) is 0 Å². The van der Waals surface area contributed by atoms with E-state index < -0.39 is 0 Å². The molecule has 0 aromatic rings. The van der Waals surface area contributed by atoms with Gasteiger partial charge >= 0.3 is 5.97 Å². The fourth-order valence-electron chi connectivity index (χ4n) is 1.49. The van der Waals surface area contributed by atoms with Gasteiger partial charge in [0.15, 0.2) is 0 Å². The van der Waals surface area contributed by atoms with Crippen LogP contribution in [0.25, 0.3) is 0 Å². The third-order valence-corrected chi connectivity index (χ3v) is 2.58. The topological polar surface area (TPSA) is 52.3 Å². The summed E-state index contributed by atoms with van der Waals surface area (Å²) in [5.41, 5.74) is 5.64. The van der Waals surface area contributed by atoms with Crippen molar-refractivity contribution in [1.82, 2.24) is 0 Å². The highest BCUT2D eigenvalue weighted by Gasteiger charge is 2.27. The molecule has 0 heterocycles. The molecular weight excluding hydrogens is 166 g/mol. The highest BCUT2D eigenvalue weighted by atomic mass is 16.5. The lowest BCUT2D eigenvalue weighted by molar-refractivity contribution is -0.147. The predicted octanol–water partition coefficient (Wildman–Crippen LogP) is 0.843. The second kappa shape index (κ2) is 3.50. The van der Waals surface area contributed by atoms with Gasteiger partial charge in [0.2, 0.25) is 0 Å². The van der Waals surface area contributed by atoms with Gasteiger partial charge in [0.1, 0.15) is 0 Å². The summed E-state index contributed by atoms with van der Waals surface area (Å²) >= 11 is 0. The van der Waals surface area contributed by atoms with Crippen LogP contribution in [0.15, 0.2) is 12.2 Å². The maximum atomic E-state index is 11.4. The van der Waals surface area contributed by atoms with Gasteiger partial charge in [-0.2, -0.15) is 0 Å². The second-order valence-electron chi connectivity index (χ2n) is 3.96. The van der Waals surface area contributed by atoms with Gasteiger partial charge in [-0.1, -0.05) is 12.2 Å². The van der Waals surface area contributed by atoms with Crippen LogP contribution in [0.5, 0.6) is 0 Å². The van der Waals surface area contributed by atoms with Crippen LogP contribution in [0, 0.1) is 11.8 Å². The Kier molecular flexibility index (Phi) is 2.36. The Labute approximate surface area is 77.9 Å². The Morgan fingerprint density at radius 1 is 1.46 bits per heavy atom. The Balaban J connectivity index is 1.73. The first-order valence-corrected chi connectivity index (χ1v) is 4.86. The number of hydrogen-bond donors (Lipinski definition) is 1. The second-order valence-corrected chi connectivity index (χ2v) is 3.96. The molecule has 0 bridgehead atoms. The van der Waals surface area contributed by atoms with Crippen molar-refractivity contribution >= 4 is 5.97 Å². The molecule has 2 atom stereocenters. The molecule has 2 aliphatic rings. The van der Waals surface area contributed by atoms with E-state index in [-0.39, 0.29) is 17.9 Å². The average Bonchev–Trinajstić information content (AvgIpc) is 2.84. The number of esters is 1. The summed E-state index contributed by atoms with van der Waals surface area (Å²) in [4.78, 5) is 11.4. The molecule has 0 saturated heterocycles. The molecule has 2 unspecified atom stereocenters. The van der Waals surface area contributed by atoms with Crippen molar-refractivity contribution in [3.05, 3.63) is 12.2 Å². The fraction of sp³-hybridized carbons (Fsp3) is 0.700. The third-order valence-electron chi connectivity index (χ3n) is 2.58. The zero-order valence-electron chi connectivity index (χ0n) is 7.61. The van der Waals surface area contributed by atoms with Crippen molar-refractivity contribution in [1.29, 1.82) is 0 Å². The first-order valence-electron chi connectivity index (χ1n) is 4.86. The third kappa shape index (κ3) is 2.31. The smallest absolute Gasteiger partial charge is 0.312 e. The summed E-state index contributed by atoms with van der Waals surface area (Å²) in [6.45, 7) is 0.610. The molecule has 0 aromatic carbocycles. The predicted molar refractivity (Wildman–Crippen MR) is 48.9 cm³/mol. The molecule has 0 amide bonds. The summed E-state index contributed by atoms with van der Waals surface area (Å²) in [5, 5.41) is 0. The van der Waals surface area contributed by atoms with Gasteiger partial charge in [-0.3, -0.25) is 4.79 Å². The quantitative estimate of drug-likeness (QED) is 0.518. The van der Waals surface area contributed by atoms with E-state index in [0.717, 1.165) is 0 Å². The number of nitrogens with two attached hydrogens (primary N) is 1. The number of ether oxygens (including phenoxy) is 1. The Morgan fingerprint density at radius 3 is 2.77 bits per heavy atom. The van der Waals surface area contributed by atoms with E-state index in [1.165, 1.54) is 12.8 Å². The standard InChI is InChI=1S/C10H15NO2/c11-9-4-3-8(5-9)10(12)13-6-7-1-2-7/h3-4,7-9H,1-2,5-6,11H2. The van der Waals surface area contributed by atoms with Crippen LogP contribution in [0.2, 0.25) is 0 Å². The molecule has 1 fully saturated rings. The van der Waals surface area contributed by atoms with E-state index in [9.17, 15) is 4.79 Å². The van der Waals surface area contributed by atoms with Crippen molar-refractivity contribution in [3.8, 4) is 0 Å². The Hall–Kier alpha value is -0.830. The molecule has 1 saturated carbocycles. The lowest BCUT2D eigenvalue weighted by atomic mass is 10.1. The molecule has 72 valence electrons. The number of hydrogen-bond acceptors (Lipinski definition) is 3. The first kappa shape index (κ1) is 8.75. The van der Waals surface area contributed by atoms with Crippen LogP contribution in [0.1, 0.15) is 19.3 Å². The van der Waals surface area contributed by atoms with E-state index in [2.05, 4.69) is 0 Å². The highest BCUT2D eigenvalue weighted by molar-refractivity contribution is 5.75. The normalized spacial score (nSPS) is 32.1. The fourth-order valence-corrected chi connectivity index (χ4v) is 1.49. The maximum Gasteiger partial charge on any atom is 0.312 e. The Morgan fingerprint density at radius 2 is 2.23 bits per heavy atom.